The number of carboxylic acid groups (broad SMARTS) is 1. The molecule has 2 bridgehead atoms. The number of carbonyl (C=O) groups is 2. The lowest BCUT2D eigenvalue weighted by Crippen LogP contribution is -2.65. The zero-order chi connectivity index (χ0) is 30.2. The molecule has 0 aliphatic carbocycles. The topological polar surface area (TPSA) is 95.9 Å². The smallest absolute Gasteiger partial charge is 0.430 e. The molecule has 2 aromatic carbocycles. The van der Waals surface area contributed by atoms with Crippen molar-refractivity contribution in [3.63, 3.8) is 0 Å². The van der Waals surface area contributed by atoms with E-state index in [0.29, 0.717) is 17.4 Å². The highest BCUT2D eigenvalue weighted by Crippen LogP contribution is 2.38. The molecular formula is C31H34F3NO6S. The van der Waals surface area contributed by atoms with Crippen molar-refractivity contribution >= 4 is 23.3 Å². The number of esters is 1. The number of halogens is 3. The summed E-state index contributed by atoms with van der Waals surface area (Å²) in [5, 5.41) is 22.3. The molecule has 3 fully saturated rings. The predicted octanol–water partition coefficient (Wildman–Crippen LogP) is 4.10. The fraction of sp³-hybridized carbons (Fsp3) is 0.419. The van der Waals surface area contributed by atoms with Gasteiger partial charge >= 0.3 is 12.1 Å². The zero-order valence-electron chi connectivity index (χ0n) is 23.0. The molecule has 7 nitrogen and oxygen atoms in total. The Labute approximate surface area is 246 Å². The van der Waals surface area contributed by atoms with Crippen LogP contribution in [0.5, 0.6) is 5.75 Å². The van der Waals surface area contributed by atoms with Crippen molar-refractivity contribution in [1.29, 1.82) is 0 Å². The highest BCUT2D eigenvalue weighted by atomic mass is 32.1. The second kappa shape index (κ2) is 13.7. The number of aliphatic carboxylic acids is 1. The van der Waals surface area contributed by atoms with Crippen LogP contribution in [0.15, 0.2) is 78.2 Å². The Balaban J connectivity index is 0.000000517. The number of thiophene rings is 1. The molecule has 2 atom stereocenters. The fourth-order valence-corrected chi connectivity index (χ4v) is 6.49. The molecule has 0 saturated carbocycles. The summed E-state index contributed by atoms with van der Waals surface area (Å²) >= 11 is 1.40. The van der Waals surface area contributed by atoms with E-state index in [1.165, 1.54) is 11.3 Å². The van der Waals surface area contributed by atoms with Crippen molar-refractivity contribution in [3.05, 3.63) is 88.6 Å². The molecule has 11 heteroatoms. The van der Waals surface area contributed by atoms with Gasteiger partial charge in [0.1, 0.15) is 18.3 Å². The van der Waals surface area contributed by atoms with Gasteiger partial charge in [0.05, 0.1) is 26.2 Å². The van der Waals surface area contributed by atoms with E-state index < -0.39 is 23.7 Å². The maximum atomic E-state index is 13.5. The molecule has 0 radical (unpaired) electrons. The van der Waals surface area contributed by atoms with Crippen molar-refractivity contribution < 1.29 is 46.9 Å². The van der Waals surface area contributed by atoms with E-state index in [1.807, 2.05) is 78.2 Å². The van der Waals surface area contributed by atoms with Gasteiger partial charge in [-0.2, -0.15) is 13.2 Å². The van der Waals surface area contributed by atoms with Gasteiger partial charge in [0.15, 0.2) is 6.10 Å². The number of nitrogens with zero attached hydrogens (tertiary/aromatic N) is 1. The van der Waals surface area contributed by atoms with Gasteiger partial charge in [-0.3, -0.25) is 0 Å². The number of hydrogen-bond acceptors (Lipinski definition) is 7. The van der Waals surface area contributed by atoms with E-state index in [-0.39, 0.29) is 12.5 Å². The number of hydrogen-bond donors (Lipinski definition) is 1. The first-order chi connectivity index (χ1) is 20.0. The monoisotopic (exact) mass is 605 g/mol. The van der Waals surface area contributed by atoms with Gasteiger partial charge in [0.2, 0.25) is 5.60 Å². The SMILES string of the molecule is O=C(O[C@H]1C[N+]2(CCCOc3ccccc3)CCC1CC2)C(O)(Cc1ccccc1)c1cccs1.O=C([O-])C(F)(F)F. The lowest BCUT2D eigenvalue weighted by Gasteiger charge is -2.52. The molecule has 1 N–H and O–H groups in total. The standard InChI is InChI=1S/C29H34NO4S.C2HF3O2/c31-28(29(32,27-13-7-20-35-27)21-23-9-3-1-4-10-23)34-26-22-30(17-14-24(26)15-18-30)16-8-19-33-25-11-5-2-6-12-25;3-2(4,5)1(6)7/h1-7,9-13,20,24,26,32H,8,14-19,21-22H2;(H,6,7)/q+1;/p-1/t24?,26-,29?,30?;/m0./s1. The van der Waals surface area contributed by atoms with Crippen LogP contribution in [-0.4, -0.2) is 66.6 Å². The normalized spacial score (nSPS) is 22.8. The van der Waals surface area contributed by atoms with Crippen LogP contribution >= 0.6 is 11.3 Å². The van der Waals surface area contributed by atoms with Crippen LogP contribution in [0.4, 0.5) is 13.2 Å². The Kier molecular flexibility index (Phi) is 10.3. The summed E-state index contributed by atoms with van der Waals surface area (Å²) in [6.07, 6.45) is -2.04. The average Bonchev–Trinajstić information content (AvgIpc) is 3.53. The van der Waals surface area contributed by atoms with E-state index in [9.17, 15) is 23.1 Å². The van der Waals surface area contributed by atoms with E-state index in [1.54, 1.807) is 0 Å². The third kappa shape index (κ3) is 8.11. The van der Waals surface area contributed by atoms with Gasteiger partial charge in [0.25, 0.3) is 0 Å². The second-order valence-electron chi connectivity index (χ2n) is 10.8. The Bertz CT molecular complexity index is 1280. The van der Waals surface area contributed by atoms with Gasteiger partial charge in [-0.05, 0) is 29.1 Å². The Morgan fingerprint density at radius 3 is 2.17 bits per heavy atom. The molecule has 1 unspecified atom stereocenters. The number of quaternary nitrogens is 1. The molecule has 3 aliphatic rings. The van der Waals surface area contributed by atoms with Crippen molar-refractivity contribution in [1.82, 2.24) is 0 Å². The van der Waals surface area contributed by atoms with Gasteiger partial charge in [-0.15, -0.1) is 11.3 Å². The summed E-state index contributed by atoms with van der Waals surface area (Å²) in [4.78, 5) is 23.0. The fourth-order valence-electron chi connectivity index (χ4n) is 5.68. The first kappa shape index (κ1) is 31.5. The summed E-state index contributed by atoms with van der Waals surface area (Å²) in [7, 11) is 0. The number of para-hydroxylation sites is 1. The molecule has 0 spiro atoms. The van der Waals surface area contributed by atoms with Crippen LogP contribution in [0.2, 0.25) is 0 Å². The van der Waals surface area contributed by atoms with Crippen molar-refractivity contribution in [2.24, 2.45) is 5.92 Å². The highest BCUT2D eigenvalue weighted by molar-refractivity contribution is 7.10. The molecule has 4 heterocycles. The maximum absolute atomic E-state index is 13.5. The predicted molar refractivity (Wildman–Crippen MR) is 148 cm³/mol. The lowest BCUT2D eigenvalue weighted by molar-refractivity contribution is -0.946. The Morgan fingerprint density at radius 1 is 0.976 bits per heavy atom. The van der Waals surface area contributed by atoms with Gasteiger partial charge in [0, 0.05) is 36.5 Å². The molecule has 226 valence electrons. The van der Waals surface area contributed by atoms with Gasteiger partial charge in [-0.1, -0.05) is 54.6 Å². The minimum atomic E-state index is -5.19. The lowest BCUT2D eigenvalue weighted by atomic mass is 9.82. The van der Waals surface area contributed by atoms with E-state index in [4.69, 9.17) is 19.4 Å². The molecular weight excluding hydrogens is 571 g/mol. The van der Waals surface area contributed by atoms with Gasteiger partial charge in [-0.25, -0.2) is 4.79 Å². The average molecular weight is 606 g/mol. The molecule has 3 aliphatic heterocycles. The largest absolute Gasteiger partial charge is 0.542 e. The van der Waals surface area contributed by atoms with E-state index in [0.717, 1.165) is 61.2 Å². The quantitative estimate of drug-likeness (QED) is 0.213. The number of fused-ring (bicyclic) bond motifs is 3. The van der Waals surface area contributed by atoms with Crippen molar-refractivity contribution in [3.8, 4) is 5.75 Å². The molecule has 6 rings (SSSR count). The summed E-state index contributed by atoms with van der Waals surface area (Å²) in [6, 6.07) is 23.3. The number of piperidine rings is 3. The Morgan fingerprint density at radius 2 is 1.60 bits per heavy atom. The Hall–Kier alpha value is -3.41. The van der Waals surface area contributed by atoms with Crippen LogP contribution in [-0.2, 0) is 26.3 Å². The molecule has 3 aromatic rings. The highest BCUT2D eigenvalue weighted by Gasteiger charge is 2.50. The molecule has 42 heavy (non-hydrogen) atoms. The molecule has 3 saturated heterocycles. The summed E-state index contributed by atoms with van der Waals surface area (Å²) in [6.45, 7) is 4.79. The number of benzene rings is 2. The summed E-state index contributed by atoms with van der Waals surface area (Å²) in [5.74, 6) is -2.24. The van der Waals surface area contributed by atoms with E-state index >= 15 is 0 Å². The third-order valence-corrected chi connectivity index (χ3v) is 8.91. The molecule has 1 aromatic heterocycles. The summed E-state index contributed by atoms with van der Waals surface area (Å²) in [5.41, 5.74) is -0.758. The van der Waals surface area contributed by atoms with Crippen LogP contribution < -0.4 is 9.84 Å². The third-order valence-electron chi connectivity index (χ3n) is 7.89. The zero-order valence-corrected chi connectivity index (χ0v) is 23.8. The minimum absolute atomic E-state index is 0.151. The molecule has 0 amide bonds. The second-order valence-corrected chi connectivity index (χ2v) is 11.7. The van der Waals surface area contributed by atoms with Crippen LogP contribution in [0.1, 0.15) is 29.7 Å². The van der Waals surface area contributed by atoms with Gasteiger partial charge < -0.3 is 29.0 Å². The number of alkyl halides is 3. The van der Waals surface area contributed by atoms with Crippen molar-refractivity contribution in [2.45, 2.75) is 43.6 Å². The van der Waals surface area contributed by atoms with Crippen LogP contribution in [0.25, 0.3) is 0 Å². The number of carbonyl (C=O) groups excluding carboxylic acids is 2. The summed E-state index contributed by atoms with van der Waals surface area (Å²) < 4.78 is 44.6. The number of carboxylic acids is 1. The van der Waals surface area contributed by atoms with Crippen LogP contribution in [0.3, 0.4) is 0 Å². The van der Waals surface area contributed by atoms with Crippen molar-refractivity contribution in [2.75, 3.05) is 32.8 Å². The number of ether oxygens (including phenoxy) is 2. The maximum Gasteiger partial charge on any atom is 0.430 e. The van der Waals surface area contributed by atoms with Crippen LogP contribution in [0, 0.1) is 5.92 Å². The number of rotatable bonds is 10. The first-order valence-corrected chi connectivity index (χ1v) is 14.7. The van der Waals surface area contributed by atoms with E-state index in [2.05, 4.69) is 0 Å². The first-order valence-electron chi connectivity index (χ1n) is 13.8. The number of aliphatic hydroxyl groups is 1. The minimum Gasteiger partial charge on any atom is -0.542 e.